The highest BCUT2D eigenvalue weighted by atomic mass is 32.2. The van der Waals surface area contributed by atoms with E-state index in [1.165, 1.54) is 53.4 Å². The topological polar surface area (TPSA) is 125 Å². The van der Waals surface area contributed by atoms with Crippen molar-refractivity contribution >= 4 is 46.3 Å². The van der Waals surface area contributed by atoms with Crippen LogP contribution in [0.1, 0.15) is 15.9 Å². The maximum Gasteiger partial charge on any atom is 0.335 e. The molecule has 0 aromatic heterocycles. The van der Waals surface area contributed by atoms with Crippen LogP contribution in [0.2, 0.25) is 0 Å². The minimum atomic E-state index is -1.08. The lowest BCUT2D eigenvalue weighted by Gasteiger charge is -2.14. The van der Waals surface area contributed by atoms with Crippen LogP contribution >= 0.6 is 11.8 Å². The Labute approximate surface area is 151 Å². The first-order valence-electron chi connectivity index (χ1n) is 7.27. The maximum atomic E-state index is 12.6. The summed E-state index contributed by atoms with van der Waals surface area (Å²) in [6, 6.07) is 11.4. The van der Waals surface area contributed by atoms with E-state index in [1.807, 2.05) is 0 Å². The van der Waals surface area contributed by atoms with E-state index in [0.717, 1.165) is 11.8 Å². The Hall–Kier alpha value is -3.46. The fourth-order valence-electron chi connectivity index (χ4n) is 2.32. The number of rotatable bonds is 4. The first-order valence-corrected chi connectivity index (χ1v) is 8.09. The molecule has 0 unspecified atom stereocenters. The van der Waals surface area contributed by atoms with Crippen molar-refractivity contribution < 1.29 is 19.6 Å². The van der Waals surface area contributed by atoms with Gasteiger partial charge in [-0.15, -0.1) is 0 Å². The number of benzene rings is 2. The van der Waals surface area contributed by atoms with Crippen molar-refractivity contribution in [2.45, 2.75) is 0 Å². The lowest BCUT2D eigenvalue weighted by atomic mass is 10.2. The SMILES string of the molecule is N=C1S/C(=C\c2ccc([N+](=O)[O-])cc2)C(=O)N1c1ccc(C(=O)O)cc1. The Balaban J connectivity index is 1.86. The summed E-state index contributed by atoms with van der Waals surface area (Å²) in [4.78, 5) is 35.1. The number of nitro benzene ring substituents is 1. The van der Waals surface area contributed by atoms with Crippen molar-refractivity contribution in [3.05, 3.63) is 74.7 Å². The van der Waals surface area contributed by atoms with E-state index in [1.54, 1.807) is 6.08 Å². The van der Waals surface area contributed by atoms with Gasteiger partial charge in [-0.25, -0.2) is 4.79 Å². The van der Waals surface area contributed by atoms with Crippen molar-refractivity contribution in [3.63, 3.8) is 0 Å². The van der Waals surface area contributed by atoms with Gasteiger partial charge in [0.15, 0.2) is 5.17 Å². The van der Waals surface area contributed by atoms with Crippen LogP contribution in [-0.2, 0) is 4.79 Å². The number of carboxylic acid groups (broad SMARTS) is 1. The highest BCUT2D eigenvalue weighted by molar-refractivity contribution is 8.19. The van der Waals surface area contributed by atoms with Gasteiger partial charge in [0.2, 0.25) is 0 Å². The molecule has 130 valence electrons. The molecule has 26 heavy (non-hydrogen) atoms. The van der Waals surface area contributed by atoms with E-state index in [-0.39, 0.29) is 16.4 Å². The van der Waals surface area contributed by atoms with E-state index in [4.69, 9.17) is 10.5 Å². The monoisotopic (exact) mass is 369 g/mol. The number of hydrogen-bond acceptors (Lipinski definition) is 6. The van der Waals surface area contributed by atoms with Crippen molar-refractivity contribution in [1.29, 1.82) is 5.41 Å². The Morgan fingerprint density at radius 2 is 1.77 bits per heavy atom. The number of carboxylic acids is 1. The summed E-state index contributed by atoms with van der Waals surface area (Å²) >= 11 is 0.963. The Morgan fingerprint density at radius 1 is 1.15 bits per heavy atom. The molecular formula is C17H11N3O5S. The molecule has 0 spiro atoms. The smallest absolute Gasteiger partial charge is 0.335 e. The van der Waals surface area contributed by atoms with Gasteiger partial charge in [-0.1, -0.05) is 0 Å². The first kappa shape index (κ1) is 17.4. The number of nitrogens with zero attached hydrogens (tertiary/aromatic N) is 2. The van der Waals surface area contributed by atoms with Crippen LogP contribution in [0, 0.1) is 15.5 Å². The van der Waals surface area contributed by atoms with Crippen LogP contribution in [0.3, 0.4) is 0 Å². The van der Waals surface area contributed by atoms with Crippen molar-refractivity contribution in [2.24, 2.45) is 0 Å². The second-order valence-electron chi connectivity index (χ2n) is 5.26. The second kappa shape index (κ2) is 6.81. The second-order valence-corrected chi connectivity index (χ2v) is 6.29. The van der Waals surface area contributed by atoms with Crippen molar-refractivity contribution in [1.82, 2.24) is 0 Å². The molecule has 2 aromatic carbocycles. The molecule has 0 atom stereocenters. The third-order valence-corrected chi connectivity index (χ3v) is 4.49. The van der Waals surface area contributed by atoms with E-state index in [9.17, 15) is 19.7 Å². The Morgan fingerprint density at radius 3 is 2.31 bits per heavy atom. The number of amides is 1. The Bertz CT molecular complexity index is 951. The molecule has 1 aliphatic heterocycles. The van der Waals surface area contributed by atoms with Gasteiger partial charge >= 0.3 is 5.97 Å². The molecule has 1 fully saturated rings. The van der Waals surface area contributed by atoms with Gasteiger partial charge in [-0.3, -0.25) is 25.2 Å². The summed E-state index contributed by atoms with van der Waals surface area (Å²) in [6.07, 6.45) is 1.55. The summed E-state index contributed by atoms with van der Waals surface area (Å²) in [5.41, 5.74) is 1.03. The molecule has 9 heteroatoms. The van der Waals surface area contributed by atoms with Crippen LogP contribution in [0.15, 0.2) is 53.4 Å². The minimum absolute atomic E-state index is 0.00811. The molecular weight excluding hydrogens is 358 g/mol. The highest BCUT2D eigenvalue weighted by Gasteiger charge is 2.33. The molecule has 1 saturated heterocycles. The number of nitro groups is 1. The summed E-state index contributed by atoms with van der Waals surface area (Å²) in [6.45, 7) is 0. The van der Waals surface area contributed by atoms with Gasteiger partial charge in [-0.2, -0.15) is 0 Å². The van der Waals surface area contributed by atoms with E-state index in [2.05, 4.69) is 0 Å². The number of non-ortho nitro benzene ring substituents is 1. The minimum Gasteiger partial charge on any atom is -0.478 e. The Kier molecular flexibility index (Phi) is 4.55. The zero-order chi connectivity index (χ0) is 18.8. The molecule has 0 saturated carbocycles. The number of amidine groups is 1. The van der Waals surface area contributed by atoms with Crippen LogP contribution in [0.25, 0.3) is 6.08 Å². The molecule has 1 heterocycles. The molecule has 2 aromatic rings. The fraction of sp³-hybridized carbons (Fsp3) is 0. The zero-order valence-corrected chi connectivity index (χ0v) is 13.9. The van der Waals surface area contributed by atoms with Gasteiger partial charge in [0.1, 0.15) is 0 Å². The number of thioether (sulfide) groups is 1. The molecule has 0 radical (unpaired) electrons. The summed E-state index contributed by atoms with van der Waals surface area (Å²) in [5.74, 6) is -1.49. The normalized spacial score (nSPS) is 15.5. The highest BCUT2D eigenvalue weighted by Crippen LogP contribution is 2.35. The third-order valence-electron chi connectivity index (χ3n) is 3.60. The molecule has 8 nitrogen and oxygen atoms in total. The molecule has 0 bridgehead atoms. The predicted molar refractivity (Wildman–Crippen MR) is 97.3 cm³/mol. The third kappa shape index (κ3) is 3.33. The quantitative estimate of drug-likeness (QED) is 0.484. The van der Waals surface area contributed by atoms with Crippen molar-refractivity contribution in [2.75, 3.05) is 4.90 Å². The largest absolute Gasteiger partial charge is 0.478 e. The molecule has 3 rings (SSSR count). The van der Waals surface area contributed by atoms with Crippen LogP contribution in [0.5, 0.6) is 0 Å². The van der Waals surface area contributed by atoms with Crippen LogP contribution < -0.4 is 4.90 Å². The van der Waals surface area contributed by atoms with Gasteiger partial charge in [0, 0.05) is 12.1 Å². The molecule has 1 aliphatic rings. The van der Waals surface area contributed by atoms with Crippen molar-refractivity contribution in [3.8, 4) is 0 Å². The average molecular weight is 369 g/mol. The first-order chi connectivity index (χ1) is 12.4. The van der Waals surface area contributed by atoms with E-state index in [0.29, 0.717) is 16.2 Å². The lowest BCUT2D eigenvalue weighted by molar-refractivity contribution is -0.384. The predicted octanol–water partition coefficient (Wildman–Crippen LogP) is 3.35. The fourth-order valence-corrected chi connectivity index (χ4v) is 3.18. The number of anilines is 1. The van der Waals surface area contributed by atoms with Crippen LogP contribution in [-0.4, -0.2) is 27.1 Å². The number of carbonyl (C=O) groups excluding carboxylic acids is 1. The molecule has 1 amide bonds. The van der Waals surface area contributed by atoms with Gasteiger partial charge in [-0.05, 0) is 59.8 Å². The summed E-state index contributed by atoms with van der Waals surface area (Å²) < 4.78 is 0. The average Bonchev–Trinajstić information content (AvgIpc) is 2.89. The molecule has 0 aliphatic carbocycles. The number of carbonyl (C=O) groups is 2. The number of hydrogen-bond donors (Lipinski definition) is 2. The van der Waals surface area contributed by atoms with E-state index < -0.39 is 16.8 Å². The zero-order valence-electron chi connectivity index (χ0n) is 13.1. The van der Waals surface area contributed by atoms with Crippen LogP contribution in [0.4, 0.5) is 11.4 Å². The number of nitrogens with one attached hydrogen (secondary N) is 1. The lowest BCUT2D eigenvalue weighted by Crippen LogP contribution is -2.28. The maximum absolute atomic E-state index is 12.6. The van der Waals surface area contributed by atoms with Gasteiger partial charge in [0.05, 0.1) is 21.1 Å². The van der Waals surface area contributed by atoms with Gasteiger partial charge < -0.3 is 5.11 Å². The number of aromatic carboxylic acids is 1. The van der Waals surface area contributed by atoms with E-state index >= 15 is 0 Å². The molecule has 2 N–H and O–H groups in total. The van der Waals surface area contributed by atoms with Gasteiger partial charge in [0.25, 0.3) is 11.6 Å². The summed E-state index contributed by atoms with van der Waals surface area (Å²) in [5, 5.41) is 27.6. The summed E-state index contributed by atoms with van der Waals surface area (Å²) in [7, 11) is 0. The standard InChI is InChI=1S/C17H11N3O5S/c18-17-19(12-7-3-11(4-8-12)16(22)23)15(21)14(26-17)9-10-1-5-13(6-2-10)20(24)25/h1-9,18H,(H,22,23)/b14-9-,18-17?.